The highest BCUT2D eigenvalue weighted by Gasteiger charge is 2.30. The molecule has 0 aromatic heterocycles. The van der Waals surface area contributed by atoms with Crippen LogP contribution in [0.2, 0.25) is 0 Å². The SMILES string of the molecule is CCN1C(=O)C(=Cc2cccc(F)c2)SC1=S. The van der Waals surface area contributed by atoms with Gasteiger partial charge < -0.3 is 0 Å². The normalized spacial score (nSPS) is 18.2. The van der Waals surface area contributed by atoms with Gasteiger partial charge >= 0.3 is 0 Å². The predicted octanol–water partition coefficient (Wildman–Crippen LogP) is 3.05. The number of thioether (sulfide) groups is 1. The molecule has 1 fully saturated rings. The topological polar surface area (TPSA) is 20.3 Å². The first-order valence-electron chi connectivity index (χ1n) is 5.12. The molecule has 0 spiro atoms. The van der Waals surface area contributed by atoms with Gasteiger partial charge in [-0.3, -0.25) is 9.69 Å². The second-order valence-electron chi connectivity index (χ2n) is 3.48. The number of carbonyl (C=O) groups excluding carboxylic acids is 1. The number of nitrogens with zero attached hydrogens (tertiary/aromatic N) is 1. The molecule has 0 aliphatic carbocycles. The first kappa shape index (κ1) is 12.3. The summed E-state index contributed by atoms with van der Waals surface area (Å²) in [5.41, 5.74) is 0.668. The largest absolute Gasteiger partial charge is 0.293 e. The molecule has 1 heterocycles. The average Bonchev–Trinajstić information content (AvgIpc) is 2.54. The van der Waals surface area contributed by atoms with Crippen molar-refractivity contribution >= 4 is 40.3 Å². The number of thiocarbonyl (C=S) groups is 1. The number of benzene rings is 1. The van der Waals surface area contributed by atoms with E-state index in [1.807, 2.05) is 6.92 Å². The second-order valence-corrected chi connectivity index (χ2v) is 5.16. The zero-order valence-electron chi connectivity index (χ0n) is 9.14. The number of likely N-dealkylation sites (N-methyl/N-ethyl adjacent to an activating group) is 1. The van der Waals surface area contributed by atoms with Gasteiger partial charge in [0.2, 0.25) is 0 Å². The van der Waals surface area contributed by atoms with E-state index in [0.29, 0.717) is 21.3 Å². The van der Waals surface area contributed by atoms with Gasteiger partial charge in [0.05, 0.1) is 4.91 Å². The summed E-state index contributed by atoms with van der Waals surface area (Å²) >= 11 is 6.34. The molecule has 0 radical (unpaired) electrons. The van der Waals surface area contributed by atoms with Crippen molar-refractivity contribution in [1.82, 2.24) is 4.90 Å². The molecule has 0 unspecified atom stereocenters. The number of carbonyl (C=O) groups is 1. The van der Waals surface area contributed by atoms with Crippen LogP contribution in [0, 0.1) is 5.82 Å². The zero-order chi connectivity index (χ0) is 12.4. The fourth-order valence-corrected chi connectivity index (χ4v) is 2.90. The van der Waals surface area contributed by atoms with Crippen LogP contribution in [0.1, 0.15) is 12.5 Å². The highest BCUT2D eigenvalue weighted by atomic mass is 32.2. The molecule has 17 heavy (non-hydrogen) atoms. The lowest BCUT2D eigenvalue weighted by Crippen LogP contribution is -2.27. The van der Waals surface area contributed by atoms with E-state index in [9.17, 15) is 9.18 Å². The molecule has 1 aliphatic rings. The van der Waals surface area contributed by atoms with Gasteiger partial charge in [0.25, 0.3) is 5.91 Å². The van der Waals surface area contributed by atoms with Crippen LogP contribution in [0.15, 0.2) is 29.2 Å². The summed E-state index contributed by atoms with van der Waals surface area (Å²) in [5, 5.41) is 0. The fourth-order valence-electron chi connectivity index (χ4n) is 1.52. The lowest BCUT2D eigenvalue weighted by atomic mass is 10.2. The summed E-state index contributed by atoms with van der Waals surface area (Å²) in [4.78, 5) is 14.0. The highest BCUT2D eigenvalue weighted by Crippen LogP contribution is 2.32. The number of halogens is 1. The summed E-state index contributed by atoms with van der Waals surface area (Å²) in [5.74, 6) is -0.420. The van der Waals surface area contributed by atoms with E-state index in [-0.39, 0.29) is 11.7 Å². The first-order valence-corrected chi connectivity index (χ1v) is 6.35. The minimum Gasteiger partial charge on any atom is -0.293 e. The van der Waals surface area contributed by atoms with Crippen LogP contribution >= 0.6 is 24.0 Å². The number of hydrogen-bond acceptors (Lipinski definition) is 3. The van der Waals surface area contributed by atoms with Crippen LogP contribution in [0.3, 0.4) is 0 Å². The smallest absolute Gasteiger partial charge is 0.266 e. The molecule has 0 bridgehead atoms. The number of hydrogen-bond donors (Lipinski definition) is 0. The molecule has 1 aromatic carbocycles. The van der Waals surface area contributed by atoms with Crippen LogP contribution in [0.5, 0.6) is 0 Å². The van der Waals surface area contributed by atoms with Gasteiger partial charge in [-0.1, -0.05) is 36.1 Å². The minimum atomic E-state index is -0.315. The Hall–Kier alpha value is -1.20. The third-order valence-electron chi connectivity index (χ3n) is 2.34. The molecule has 1 amide bonds. The lowest BCUT2D eigenvalue weighted by molar-refractivity contribution is -0.121. The van der Waals surface area contributed by atoms with Crippen molar-refractivity contribution in [3.8, 4) is 0 Å². The Bertz CT molecular complexity index is 513. The zero-order valence-corrected chi connectivity index (χ0v) is 10.8. The van der Waals surface area contributed by atoms with Gasteiger partial charge in [-0.05, 0) is 30.7 Å². The Balaban J connectivity index is 2.30. The third-order valence-corrected chi connectivity index (χ3v) is 3.71. The predicted molar refractivity (Wildman–Crippen MR) is 72.0 cm³/mol. The molecule has 88 valence electrons. The molecule has 0 saturated carbocycles. The Morgan fingerprint density at radius 1 is 1.53 bits per heavy atom. The number of rotatable bonds is 2. The van der Waals surface area contributed by atoms with Crippen LogP contribution in [-0.2, 0) is 4.79 Å². The average molecular weight is 267 g/mol. The van der Waals surface area contributed by atoms with Crippen molar-refractivity contribution in [2.75, 3.05) is 6.54 Å². The second kappa shape index (κ2) is 4.98. The molecule has 1 aliphatic heterocycles. The van der Waals surface area contributed by atoms with Gasteiger partial charge in [0.15, 0.2) is 0 Å². The molecule has 0 N–H and O–H groups in total. The van der Waals surface area contributed by atoms with Crippen molar-refractivity contribution in [3.05, 3.63) is 40.6 Å². The van der Waals surface area contributed by atoms with E-state index in [0.717, 1.165) is 0 Å². The van der Waals surface area contributed by atoms with Crippen LogP contribution in [0.25, 0.3) is 6.08 Å². The molecular weight excluding hydrogens is 257 g/mol. The summed E-state index contributed by atoms with van der Waals surface area (Å²) in [6.45, 7) is 2.43. The Kier molecular flexibility index (Phi) is 3.59. The molecule has 5 heteroatoms. The highest BCUT2D eigenvalue weighted by molar-refractivity contribution is 8.26. The molecule has 2 rings (SSSR count). The van der Waals surface area contributed by atoms with Crippen molar-refractivity contribution in [1.29, 1.82) is 0 Å². The van der Waals surface area contributed by atoms with Crippen molar-refractivity contribution in [2.24, 2.45) is 0 Å². The Morgan fingerprint density at radius 2 is 2.29 bits per heavy atom. The van der Waals surface area contributed by atoms with Gasteiger partial charge in [-0.15, -0.1) is 0 Å². The fraction of sp³-hybridized carbons (Fsp3) is 0.167. The van der Waals surface area contributed by atoms with Crippen LogP contribution in [0.4, 0.5) is 4.39 Å². The summed E-state index contributed by atoms with van der Waals surface area (Å²) in [6.07, 6.45) is 1.66. The van der Waals surface area contributed by atoms with Crippen LogP contribution in [-0.4, -0.2) is 21.7 Å². The molecule has 1 saturated heterocycles. The quantitative estimate of drug-likeness (QED) is 0.607. The maximum Gasteiger partial charge on any atom is 0.266 e. The van der Waals surface area contributed by atoms with E-state index >= 15 is 0 Å². The maximum atomic E-state index is 13.0. The van der Waals surface area contributed by atoms with Crippen molar-refractivity contribution in [3.63, 3.8) is 0 Å². The minimum absolute atomic E-state index is 0.105. The standard InChI is InChI=1S/C12H10FNOS2/c1-2-14-11(15)10(17-12(14)16)7-8-4-3-5-9(13)6-8/h3-7H,2H2,1H3. The third kappa shape index (κ3) is 2.56. The maximum absolute atomic E-state index is 13.0. The first-order chi connectivity index (χ1) is 8.11. The van der Waals surface area contributed by atoms with E-state index in [2.05, 4.69) is 0 Å². The summed E-state index contributed by atoms with van der Waals surface area (Å²) in [7, 11) is 0. The molecule has 2 nitrogen and oxygen atoms in total. The van der Waals surface area contributed by atoms with Crippen molar-refractivity contribution < 1.29 is 9.18 Å². The van der Waals surface area contributed by atoms with Gasteiger partial charge in [0, 0.05) is 6.54 Å². The van der Waals surface area contributed by atoms with Crippen molar-refractivity contribution in [2.45, 2.75) is 6.92 Å². The molecule has 1 aromatic rings. The van der Waals surface area contributed by atoms with Crippen LogP contribution < -0.4 is 0 Å². The monoisotopic (exact) mass is 267 g/mol. The summed E-state index contributed by atoms with van der Waals surface area (Å²) in [6, 6.07) is 6.12. The van der Waals surface area contributed by atoms with Gasteiger partial charge in [0.1, 0.15) is 10.1 Å². The van der Waals surface area contributed by atoms with Gasteiger partial charge in [-0.25, -0.2) is 4.39 Å². The van der Waals surface area contributed by atoms with E-state index in [4.69, 9.17) is 12.2 Å². The lowest BCUT2D eigenvalue weighted by Gasteiger charge is -2.09. The Morgan fingerprint density at radius 3 is 2.88 bits per heavy atom. The summed E-state index contributed by atoms with van der Waals surface area (Å²) < 4.78 is 13.6. The molecule has 0 atom stereocenters. The van der Waals surface area contributed by atoms with E-state index in [1.165, 1.54) is 28.8 Å². The Labute approximate surface area is 108 Å². The van der Waals surface area contributed by atoms with E-state index in [1.54, 1.807) is 18.2 Å². The number of amides is 1. The van der Waals surface area contributed by atoms with Gasteiger partial charge in [-0.2, -0.15) is 0 Å². The van der Waals surface area contributed by atoms with E-state index < -0.39 is 0 Å². The molecular formula is C12H10FNOS2.